The summed E-state index contributed by atoms with van der Waals surface area (Å²) in [4.78, 5) is 16.9. The summed E-state index contributed by atoms with van der Waals surface area (Å²) in [5.74, 6) is -0.389. The second kappa shape index (κ2) is 15.8. The minimum absolute atomic E-state index is 0. The molecular weight excluding hydrogens is 497 g/mol. The topological polar surface area (TPSA) is 121 Å². The summed E-state index contributed by atoms with van der Waals surface area (Å²) in [6.45, 7) is 7.82. The first-order valence-electron chi connectivity index (χ1n) is 11.5. The van der Waals surface area contributed by atoms with Crippen LogP contribution in [0.3, 0.4) is 0 Å². The zero-order valence-electron chi connectivity index (χ0n) is 20.5. The first-order chi connectivity index (χ1) is 16.6. The van der Waals surface area contributed by atoms with Crippen molar-refractivity contribution < 1.29 is 36.8 Å². The third-order valence-corrected chi connectivity index (χ3v) is 5.72. The van der Waals surface area contributed by atoms with E-state index in [2.05, 4.69) is 5.16 Å². The molecule has 2 aromatic rings. The zero-order chi connectivity index (χ0) is 25.8. The van der Waals surface area contributed by atoms with Crippen LogP contribution in [0.4, 0.5) is 0 Å². The number of hydrogen-bond donors (Lipinski definition) is 1. The Balaban J connectivity index is 0.00000648. The molecule has 0 aromatic heterocycles. The summed E-state index contributed by atoms with van der Waals surface area (Å²) < 4.78 is 41.1. The Morgan fingerprint density at radius 3 is 2.33 bits per heavy atom. The van der Waals surface area contributed by atoms with Crippen molar-refractivity contribution in [2.45, 2.75) is 53.1 Å². The van der Waals surface area contributed by atoms with Crippen molar-refractivity contribution in [2.75, 3.05) is 19.0 Å². The molecule has 194 valence electrons. The first-order valence-corrected chi connectivity index (χ1v) is 13.1. The molecule has 0 aliphatic carbocycles. The molecule has 0 fully saturated rings. The van der Waals surface area contributed by atoms with Crippen LogP contribution < -0.4 is 13.7 Å². The summed E-state index contributed by atoms with van der Waals surface area (Å²) in [5.41, 5.74) is 0.936. The van der Waals surface area contributed by atoms with Crippen LogP contribution in [0.5, 0.6) is 17.2 Å². The average molecular weight is 532 g/mol. The van der Waals surface area contributed by atoms with Crippen LogP contribution in [0.25, 0.3) is 0 Å². The summed E-state index contributed by atoms with van der Waals surface area (Å²) in [7, 11) is -3.72. The molecule has 0 saturated carbocycles. The van der Waals surface area contributed by atoms with Gasteiger partial charge in [-0.1, -0.05) is 37.6 Å². The Hall–Kier alpha value is -2.27. The van der Waals surface area contributed by atoms with E-state index in [1.54, 1.807) is 30.3 Å². The summed E-state index contributed by atoms with van der Waals surface area (Å²) >= 11 is 0. The van der Waals surface area contributed by atoms with Crippen LogP contribution >= 0.6 is 0 Å². The fraction of sp³-hybridized carbons (Fsp3) is 0.440. The van der Waals surface area contributed by atoms with Gasteiger partial charge >= 0.3 is 45.6 Å². The van der Waals surface area contributed by atoms with Gasteiger partial charge in [0.05, 0.1) is 17.4 Å². The van der Waals surface area contributed by atoms with Gasteiger partial charge in [-0.25, -0.2) is 4.79 Å². The van der Waals surface area contributed by atoms with Crippen LogP contribution in [0.15, 0.2) is 47.6 Å². The molecule has 11 heteroatoms. The molecule has 0 radical (unpaired) electrons. The minimum atomic E-state index is -3.72. The van der Waals surface area contributed by atoms with Gasteiger partial charge < -0.3 is 23.6 Å². The van der Waals surface area contributed by atoms with E-state index in [0.717, 1.165) is 12.8 Å². The second-order valence-electron chi connectivity index (χ2n) is 8.05. The molecule has 1 N–H and O–H groups in total. The zero-order valence-corrected chi connectivity index (χ0v) is 21.3. The predicted molar refractivity (Wildman–Crippen MR) is 140 cm³/mol. The van der Waals surface area contributed by atoms with Gasteiger partial charge in [-0.2, -0.15) is 8.42 Å². The van der Waals surface area contributed by atoms with Crippen molar-refractivity contribution >= 4 is 51.4 Å². The van der Waals surface area contributed by atoms with E-state index in [-0.39, 0.29) is 65.1 Å². The number of unbranched alkanes of at least 4 members (excludes halogenated alkanes) is 1. The number of aromatic carboxylic acids is 1. The molecule has 0 spiro atoms. The van der Waals surface area contributed by atoms with E-state index in [1.165, 1.54) is 12.1 Å². The van der Waals surface area contributed by atoms with E-state index < -0.39 is 16.1 Å². The molecule has 0 amide bonds. The normalized spacial score (nSPS) is 11.5. The Kier molecular flexibility index (Phi) is 13.9. The van der Waals surface area contributed by atoms with Gasteiger partial charge in [-0.15, -0.1) is 0 Å². The molecule has 0 bridgehead atoms. The Bertz CT molecular complexity index is 1120. The molecule has 9 nitrogen and oxygen atoms in total. The van der Waals surface area contributed by atoms with E-state index in [0.29, 0.717) is 30.1 Å². The van der Waals surface area contributed by atoms with Gasteiger partial charge in [0.1, 0.15) is 36.2 Å². The van der Waals surface area contributed by atoms with Gasteiger partial charge in [0.15, 0.2) is 0 Å². The molecule has 36 heavy (non-hydrogen) atoms. The number of ether oxygens (including phenoxy) is 2. The van der Waals surface area contributed by atoms with Gasteiger partial charge in [-0.3, -0.25) is 0 Å². The van der Waals surface area contributed by atoms with Gasteiger partial charge in [0.25, 0.3) is 0 Å². The molecule has 0 unspecified atom stereocenters. The van der Waals surface area contributed by atoms with Crippen LogP contribution in [-0.4, -0.2) is 79.8 Å². The third kappa shape index (κ3) is 11.2. The van der Waals surface area contributed by atoms with E-state index >= 15 is 0 Å². The molecule has 2 aromatic carbocycles. The number of hydrogen-bond acceptors (Lipinski definition) is 8. The fourth-order valence-electron chi connectivity index (χ4n) is 2.88. The van der Waals surface area contributed by atoms with Crippen molar-refractivity contribution in [1.82, 2.24) is 0 Å². The first kappa shape index (κ1) is 31.8. The average Bonchev–Trinajstić information content (AvgIpc) is 2.79. The van der Waals surface area contributed by atoms with Crippen molar-refractivity contribution in [3.8, 4) is 17.2 Å². The summed E-state index contributed by atoms with van der Waals surface area (Å²) in [5, 5.41) is 13.6. The number of carboxylic acid groups (broad SMARTS) is 1. The van der Waals surface area contributed by atoms with Crippen molar-refractivity contribution in [1.29, 1.82) is 0 Å². The monoisotopic (exact) mass is 531 g/mol. The number of benzene rings is 2. The predicted octanol–water partition coefficient (Wildman–Crippen LogP) is 4.24. The van der Waals surface area contributed by atoms with Crippen LogP contribution in [-0.2, 0) is 15.0 Å². The van der Waals surface area contributed by atoms with Crippen molar-refractivity contribution in [3.63, 3.8) is 0 Å². The molecule has 0 saturated heterocycles. The quantitative estimate of drug-likeness (QED) is 0.119. The number of nitrogens with zero attached hydrogens (tertiary/aromatic N) is 1. The third-order valence-electron chi connectivity index (χ3n) is 4.48. The Labute approximate surface area is 235 Å². The Morgan fingerprint density at radius 1 is 1.00 bits per heavy atom. The molecular formula is C25H34NNaO8S. The van der Waals surface area contributed by atoms with Crippen LogP contribution in [0.2, 0.25) is 0 Å². The van der Waals surface area contributed by atoms with E-state index in [9.17, 15) is 18.3 Å². The SMILES string of the molecule is CCCCS(=O)(=O)Oc1cccc(C(COc2cc(OC(C)C)cc(C(=O)O)c2)=NOCCC)c1.[NaH]. The maximum absolute atomic E-state index is 12.2. The van der Waals surface area contributed by atoms with Crippen LogP contribution in [0, 0.1) is 0 Å². The van der Waals surface area contributed by atoms with Crippen molar-refractivity contribution in [3.05, 3.63) is 53.6 Å². The molecule has 0 atom stereocenters. The van der Waals surface area contributed by atoms with Gasteiger partial charge in [0, 0.05) is 11.6 Å². The molecule has 0 heterocycles. The number of carboxylic acids is 1. The molecule has 2 rings (SSSR count). The molecule has 0 aliphatic rings. The summed E-state index contributed by atoms with van der Waals surface area (Å²) in [6.07, 6.45) is 1.83. The standard InChI is InChI=1S/C25H33NO8S.Na.H/c1-5-7-12-35(29,30)34-21-10-8-9-19(13-21)24(26-32-11-6-2)17-31-22-14-20(25(27)28)15-23(16-22)33-18(3)4;;/h8-10,13-16,18H,5-7,11-12,17H2,1-4H3,(H,27,28);;. The Morgan fingerprint density at radius 2 is 1.69 bits per heavy atom. The van der Waals surface area contributed by atoms with Crippen molar-refractivity contribution in [2.24, 2.45) is 5.16 Å². The van der Waals surface area contributed by atoms with Gasteiger partial charge in [0.2, 0.25) is 0 Å². The van der Waals surface area contributed by atoms with Crippen LogP contribution in [0.1, 0.15) is 62.9 Å². The summed E-state index contributed by atoms with van der Waals surface area (Å²) in [6, 6.07) is 10.9. The fourth-order valence-corrected chi connectivity index (χ4v) is 4.01. The maximum atomic E-state index is 12.2. The number of oxime groups is 1. The molecule has 0 aliphatic heterocycles. The van der Waals surface area contributed by atoms with E-state index in [1.807, 2.05) is 27.7 Å². The number of carbonyl (C=O) groups is 1. The number of rotatable bonds is 15. The second-order valence-corrected chi connectivity index (χ2v) is 9.74. The van der Waals surface area contributed by atoms with E-state index in [4.69, 9.17) is 18.5 Å². The van der Waals surface area contributed by atoms with Gasteiger partial charge in [-0.05, 0) is 51.0 Å².